The Balaban J connectivity index is 2.34. The normalized spacial score (nSPS) is 13.0. The zero-order valence-electron chi connectivity index (χ0n) is 10.5. The summed E-state index contributed by atoms with van der Waals surface area (Å²) in [5.74, 6) is 0. The number of ether oxygens (including phenoxy) is 1. The Kier molecular flexibility index (Phi) is 6.52. The van der Waals surface area contributed by atoms with Gasteiger partial charge in [-0.2, -0.15) is 0 Å². The van der Waals surface area contributed by atoms with E-state index in [4.69, 9.17) is 22.1 Å². The molecular formula is C13H21ClN2O. The van der Waals surface area contributed by atoms with Gasteiger partial charge in [0.2, 0.25) is 0 Å². The molecule has 0 spiro atoms. The summed E-state index contributed by atoms with van der Waals surface area (Å²) in [6.07, 6.45) is 0.932. The molecule has 3 nitrogen and oxygen atoms in total. The molecule has 1 rings (SSSR count). The largest absolute Gasteiger partial charge is 0.383 e. The third-order valence-electron chi connectivity index (χ3n) is 2.80. The second-order valence-corrected chi connectivity index (χ2v) is 4.68. The van der Waals surface area contributed by atoms with Crippen LogP contribution in [0.4, 0.5) is 0 Å². The molecule has 1 aromatic carbocycles. The van der Waals surface area contributed by atoms with Crippen LogP contribution in [-0.2, 0) is 4.74 Å². The second-order valence-electron chi connectivity index (χ2n) is 4.24. The summed E-state index contributed by atoms with van der Waals surface area (Å²) in [4.78, 5) is 2.22. The number of benzene rings is 1. The topological polar surface area (TPSA) is 38.5 Å². The van der Waals surface area contributed by atoms with E-state index in [-0.39, 0.29) is 6.04 Å². The number of nitrogens with zero attached hydrogens (tertiary/aromatic N) is 1. The van der Waals surface area contributed by atoms with Gasteiger partial charge in [-0.25, -0.2) is 0 Å². The molecule has 1 aromatic rings. The van der Waals surface area contributed by atoms with Gasteiger partial charge in [-0.3, -0.25) is 0 Å². The summed E-state index contributed by atoms with van der Waals surface area (Å²) in [7, 11) is 3.79. The molecule has 0 amide bonds. The van der Waals surface area contributed by atoms with Gasteiger partial charge in [-0.15, -0.1) is 0 Å². The predicted octanol–water partition coefficient (Wildman–Crippen LogP) is 2.31. The number of methoxy groups -OCH3 is 1. The van der Waals surface area contributed by atoms with Crippen LogP contribution in [0.15, 0.2) is 24.3 Å². The SMILES string of the molecule is COCCN(C)CCC(N)c1ccc(Cl)cc1. The average Bonchev–Trinajstić information content (AvgIpc) is 2.34. The smallest absolute Gasteiger partial charge is 0.0589 e. The molecule has 0 saturated heterocycles. The lowest BCUT2D eigenvalue weighted by Crippen LogP contribution is -2.26. The van der Waals surface area contributed by atoms with E-state index >= 15 is 0 Å². The van der Waals surface area contributed by atoms with Crippen molar-refractivity contribution in [3.63, 3.8) is 0 Å². The first-order chi connectivity index (χ1) is 8.13. The van der Waals surface area contributed by atoms with E-state index in [1.54, 1.807) is 7.11 Å². The Morgan fingerprint density at radius 3 is 2.53 bits per heavy atom. The van der Waals surface area contributed by atoms with E-state index in [9.17, 15) is 0 Å². The maximum Gasteiger partial charge on any atom is 0.0589 e. The molecule has 96 valence electrons. The molecule has 0 heterocycles. The minimum Gasteiger partial charge on any atom is -0.383 e. The number of rotatable bonds is 7. The average molecular weight is 257 g/mol. The van der Waals surface area contributed by atoms with E-state index in [0.717, 1.165) is 36.7 Å². The van der Waals surface area contributed by atoms with Crippen LogP contribution >= 0.6 is 11.6 Å². The highest BCUT2D eigenvalue weighted by molar-refractivity contribution is 6.30. The Morgan fingerprint density at radius 1 is 1.29 bits per heavy atom. The number of hydrogen-bond donors (Lipinski definition) is 1. The molecule has 0 aliphatic rings. The lowest BCUT2D eigenvalue weighted by molar-refractivity contribution is 0.159. The van der Waals surface area contributed by atoms with Crippen LogP contribution in [0.1, 0.15) is 18.0 Å². The fourth-order valence-electron chi connectivity index (χ4n) is 1.60. The van der Waals surface area contributed by atoms with Gasteiger partial charge in [0.25, 0.3) is 0 Å². The fourth-order valence-corrected chi connectivity index (χ4v) is 1.72. The lowest BCUT2D eigenvalue weighted by atomic mass is 10.0. The van der Waals surface area contributed by atoms with E-state index in [2.05, 4.69) is 11.9 Å². The van der Waals surface area contributed by atoms with Crippen LogP contribution in [0.25, 0.3) is 0 Å². The van der Waals surface area contributed by atoms with Crippen molar-refractivity contribution in [3.05, 3.63) is 34.9 Å². The zero-order valence-corrected chi connectivity index (χ0v) is 11.3. The van der Waals surface area contributed by atoms with Gasteiger partial charge in [-0.05, 0) is 37.7 Å². The van der Waals surface area contributed by atoms with Gasteiger partial charge >= 0.3 is 0 Å². The van der Waals surface area contributed by atoms with Crippen LogP contribution in [0.2, 0.25) is 5.02 Å². The fraction of sp³-hybridized carbons (Fsp3) is 0.538. The van der Waals surface area contributed by atoms with Crippen LogP contribution in [-0.4, -0.2) is 38.8 Å². The van der Waals surface area contributed by atoms with Crippen molar-refractivity contribution < 1.29 is 4.74 Å². The van der Waals surface area contributed by atoms with Gasteiger partial charge in [0, 0.05) is 24.7 Å². The molecule has 17 heavy (non-hydrogen) atoms. The minimum absolute atomic E-state index is 0.0669. The molecule has 4 heteroatoms. The van der Waals surface area contributed by atoms with E-state index < -0.39 is 0 Å². The molecule has 0 aliphatic heterocycles. The standard InChI is InChI=1S/C13H21ClN2O/c1-16(9-10-17-2)8-7-13(15)11-3-5-12(14)6-4-11/h3-6,13H,7-10,15H2,1-2H3. The van der Waals surface area contributed by atoms with Gasteiger partial charge in [0.15, 0.2) is 0 Å². The van der Waals surface area contributed by atoms with Crippen molar-refractivity contribution in [3.8, 4) is 0 Å². The van der Waals surface area contributed by atoms with Crippen LogP contribution in [0.3, 0.4) is 0 Å². The quantitative estimate of drug-likeness (QED) is 0.814. The molecular weight excluding hydrogens is 236 g/mol. The second kappa shape index (κ2) is 7.67. The van der Waals surface area contributed by atoms with Crippen molar-refractivity contribution in [1.82, 2.24) is 4.90 Å². The molecule has 2 N–H and O–H groups in total. The summed E-state index contributed by atoms with van der Waals surface area (Å²) < 4.78 is 5.03. The zero-order chi connectivity index (χ0) is 12.7. The summed E-state index contributed by atoms with van der Waals surface area (Å²) in [5, 5.41) is 0.748. The van der Waals surface area contributed by atoms with E-state index in [1.807, 2.05) is 24.3 Å². The maximum atomic E-state index is 6.12. The first kappa shape index (κ1) is 14.5. The third-order valence-corrected chi connectivity index (χ3v) is 3.05. The number of nitrogens with two attached hydrogens (primary N) is 1. The van der Waals surface area contributed by atoms with E-state index in [0.29, 0.717) is 0 Å². The summed E-state index contributed by atoms with van der Waals surface area (Å²) in [6.45, 7) is 2.66. The maximum absolute atomic E-state index is 6.12. The molecule has 0 aromatic heterocycles. The molecule has 0 bridgehead atoms. The van der Waals surface area contributed by atoms with Crippen molar-refractivity contribution in [2.75, 3.05) is 33.9 Å². The molecule has 0 aliphatic carbocycles. The molecule has 0 radical (unpaired) electrons. The molecule has 0 saturated carbocycles. The highest BCUT2D eigenvalue weighted by atomic mass is 35.5. The Bertz CT molecular complexity index is 316. The van der Waals surface area contributed by atoms with Crippen molar-refractivity contribution in [2.24, 2.45) is 5.73 Å². The third kappa shape index (κ3) is 5.50. The molecule has 1 unspecified atom stereocenters. The predicted molar refractivity (Wildman–Crippen MR) is 72.4 cm³/mol. The van der Waals surface area contributed by atoms with Gasteiger partial charge in [0.05, 0.1) is 6.61 Å². The summed E-state index contributed by atoms with van der Waals surface area (Å²) >= 11 is 5.84. The first-order valence-electron chi connectivity index (χ1n) is 5.82. The van der Waals surface area contributed by atoms with Crippen molar-refractivity contribution in [2.45, 2.75) is 12.5 Å². The van der Waals surface area contributed by atoms with Crippen LogP contribution in [0, 0.1) is 0 Å². The molecule has 0 fully saturated rings. The van der Waals surface area contributed by atoms with E-state index in [1.165, 1.54) is 0 Å². The van der Waals surface area contributed by atoms with Crippen LogP contribution < -0.4 is 5.73 Å². The number of halogens is 1. The Morgan fingerprint density at radius 2 is 1.94 bits per heavy atom. The molecule has 1 atom stereocenters. The summed E-state index contributed by atoms with van der Waals surface area (Å²) in [6, 6.07) is 7.80. The van der Waals surface area contributed by atoms with Crippen molar-refractivity contribution >= 4 is 11.6 Å². The highest BCUT2D eigenvalue weighted by Gasteiger charge is 2.07. The van der Waals surface area contributed by atoms with Gasteiger partial charge in [0.1, 0.15) is 0 Å². The first-order valence-corrected chi connectivity index (χ1v) is 6.20. The van der Waals surface area contributed by atoms with Crippen LogP contribution in [0.5, 0.6) is 0 Å². The summed E-state index contributed by atoms with van der Waals surface area (Å²) in [5.41, 5.74) is 7.25. The lowest BCUT2D eigenvalue weighted by Gasteiger charge is -2.19. The Hall–Kier alpha value is -0.610. The monoisotopic (exact) mass is 256 g/mol. The van der Waals surface area contributed by atoms with Gasteiger partial charge in [-0.1, -0.05) is 23.7 Å². The van der Waals surface area contributed by atoms with Crippen molar-refractivity contribution in [1.29, 1.82) is 0 Å². The number of hydrogen-bond acceptors (Lipinski definition) is 3. The van der Waals surface area contributed by atoms with Gasteiger partial charge < -0.3 is 15.4 Å². The highest BCUT2D eigenvalue weighted by Crippen LogP contribution is 2.17. The minimum atomic E-state index is 0.0669. The Labute approximate surface area is 109 Å². The number of likely N-dealkylation sites (N-methyl/N-ethyl adjacent to an activating group) is 1.